The van der Waals surface area contributed by atoms with Crippen LogP contribution in [0.1, 0.15) is 28.9 Å². The maximum Gasteiger partial charge on any atom is 0.251 e. The number of pyridine rings is 1. The van der Waals surface area contributed by atoms with E-state index < -0.39 is 0 Å². The second-order valence-corrected chi connectivity index (χ2v) is 6.65. The van der Waals surface area contributed by atoms with E-state index in [4.69, 9.17) is 11.6 Å². The summed E-state index contributed by atoms with van der Waals surface area (Å²) in [7, 11) is 0. The van der Waals surface area contributed by atoms with Gasteiger partial charge < -0.3 is 10.6 Å². The average molecular weight is 380 g/mol. The van der Waals surface area contributed by atoms with Crippen LogP contribution < -0.4 is 10.6 Å². The minimum Gasteiger partial charge on any atom is -0.352 e. The molecule has 0 aliphatic carbocycles. The number of piperidine rings is 1. The Kier molecular flexibility index (Phi) is 7.24. The van der Waals surface area contributed by atoms with Crippen molar-refractivity contribution < 1.29 is 4.79 Å². The Morgan fingerprint density at radius 2 is 1.88 bits per heavy atom. The molecule has 0 unspecified atom stereocenters. The monoisotopic (exact) mass is 379 g/mol. The zero-order valence-electron chi connectivity index (χ0n) is 14.2. The Hall–Kier alpha value is -1.62. The number of nitrogens with zero attached hydrogens (tertiary/aromatic N) is 1. The molecule has 2 N–H and O–H groups in total. The zero-order valence-corrected chi connectivity index (χ0v) is 15.8. The minimum absolute atomic E-state index is 0. The first-order valence-electron chi connectivity index (χ1n) is 8.36. The lowest BCUT2D eigenvalue weighted by Crippen LogP contribution is -2.35. The lowest BCUT2D eigenvalue weighted by atomic mass is 9.98. The Balaban J connectivity index is 0.00000225. The van der Waals surface area contributed by atoms with E-state index in [9.17, 15) is 4.79 Å². The highest BCUT2D eigenvalue weighted by Crippen LogP contribution is 2.21. The molecule has 0 atom stereocenters. The summed E-state index contributed by atoms with van der Waals surface area (Å²) in [6, 6.07) is 11.3. The van der Waals surface area contributed by atoms with Crippen molar-refractivity contribution in [3.05, 3.63) is 52.7 Å². The number of hydrogen-bond donors (Lipinski definition) is 2. The molecule has 0 radical (unpaired) electrons. The molecular formula is C19H23Cl2N3O. The number of rotatable bonds is 4. The highest BCUT2D eigenvalue weighted by Gasteiger charge is 2.14. The zero-order chi connectivity index (χ0) is 16.9. The van der Waals surface area contributed by atoms with Gasteiger partial charge in [-0.25, -0.2) is 0 Å². The van der Waals surface area contributed by atoms with E-state index in [0.29, 0.717) is 16.5 Å². The van der Waals surface area contributed by atoms with Crippen molar-refractivity contribution in [2.24, 2.45) is 5.92 Å². The average Bonchev–Trinajstić information content (AvgIpc) is 2.63. The number of carbonyl (C=O) groups excluding carboxylic acids is 1. The second kappa shape index (κ2) is 9.18. The molecule has 1 saturated heterocycles. The lowest BCUT2D eigenvalue weighted by molar-refractivity contribution is 0.0944. The molecule has 4 nitrogen and oxygen atoms in total. The fraction of sp³-hybridized carbons (Fsp3) is 0.368. The molecule has 1 aromatic carbocycles. The molecule has 1 aromatic heterocycles. The second-order valence-electron chi connectivity index (χ2n) is 6.24. The summed E-state index contributed by atoms with van der Waals surface area (Å²) < 4.78 is 0. The van der Waals surface area contributed by atoms with Crippen molar-refractivity contribution in [1.29, 1.82) is 0 Å². The van der Waals surface area contributed by atoms with Crippen LogP contribution in [0.2, 0.25) is 5.02 Å². The van der Waals surface area contributed by atoms with Crippen LogP contribution in [0.5, 0.6) is 0 Å². The fourth-order valence-electron chi connectivity index (χ4n) is 2.92. The van der Waals surface area contributed by atoms with Crippen LogP contribution in [0.25, 0.3) is 11.3 Å². The molecule has 1 aliphatic rings. The molecule has 134 valence electrons. The van der Waals surface area contributed by atoms with Crippen LogP contribution in [0.15, 0.2) is 36.4 Å². The Labute approximate surface area is 159 Å². The number of aryl methyl sites for hydroxylation is 1. The van der Waals surface area contributed by atoms with Gasteiger partial charge in [-0.05, 0) is 63.0 Å². The van der Waals surface area contributed by atoms with Gasteiger partial charge in [-0.2, -0.15) is 0 Å². The molecule has 1 fully saturated rings. The van der Waals surface area contributed by atoms with Gasteiger partial charge in [0.15, 0.2) is 0 Å². The summed E-state index contributed by atoms with van der Waals surface area (Å²) in [6.07, 6.45) is 2.25. The number of carbonyl (C=O) groups is 1. The third-order valence-corrected chi connectivity index (χ3v) is 4.87. The quantitative estimate of drug-likeness (QED) is 0.847. The number of aromatic nitrogens is 1. The van der Waals surface area contributed by atoms with E-state index in [1.54, 1.807) is 0 Å². The van der Waals surface area contributed by atoms with Crippen molar-refractivity contribution in [2.45, 2.75) is 19.8 Å². The standard InChI is InChI=1S/C19H22ClN3O.ClH/c1-13-17(20)6-7-18(23-13)15-2-4-16(5-3-15)19(24)22-12-14-8-10-21-11-9-14;/h2-7,14,21H,8-12H2,1H3,(H,22,24);1H. The number of amides is 1. The van der Waals surface area contributed by atoms with Crippen molar-refractivity contribution in [1.82, 2.24) is 15.6 Å². The predicted octanol–water partition coefficient (Wildman–Crippen LogP) is 3.86. The van der Waals surface area contributed by atoms with Crippen LogP contribution in [-0.2, 0) is 0 Å². The molecule has 0 spiro atoms. The summed E-state index contributed by atoms with van der Waals surface area (Å²) in [4.78, 5) is 16.8. The van der Waals surface area contributed by atoms with Crippen molar-refractivity contribution in [3.8, 4) is 11.3 Å². The summed E-state index contributed by atoms with van der Waals surface area (Å²) in [5.74, 6) is 0.566. The summed E-state index contributed by atoms with van der Waals surface area (Å²) >= 11 is 6.01. The van der Waals surface area contributed by atoms with E-state index >= 15 is 0 Å². The van der Waals surface area contributed by atoms with E-state index in [1.165, 1.54) is 0 Å². The molecule has 0 saturated carbocycles. The third-order valence-electron chi connectivity index (χ3n) is 4.47. The van der Waals surface area contributed by atoms with Crippen LogP contribution in [0, 0.1) is 12.8 Å². The summed E-state index contributed by atoms with van der Waals surface area (Å²) in [5, 5.41) is 7.04. The van der Waals surface area contributed by atoms with Gasteiger partial charge in [0.25, 0.3) is 5.91 Å². The normalized spacial score (nSPS) is 14.6. The highest BCUT2D eigenvalue weighted by atomic mass is 35.5. The van der Waals surface area contributed by atoms with Crippen LogP contribution in [0.3, 0.4) is 0 Å². The van der Waals surface area contributed by atoms with Gasteiger partial charge in [0.1, 0.15) is 0 Å². The Bertz CT molecular complexity index is 713. The molecule has 2 heterocycles. The van der Waals surface area contributed by atoms with Crippen LogP contribution >= 0.6 is 24.0 Å². The van der Waals surface area contributed by atoms with E-state index in [1.807, 2.05) is 43.3 Å². The maximum atomic E-state index is 12.3. The van der Waals surface area contributed by atoms with Gasteiger partial charge in [0, 0.05) is 17.7 Å². The minimum atomic E-state index is -0.0136. The van der Waals surface area contributed by atoms with Gasteiger partial charge >= 0.3 is 0 Å². The lowest BCUT2D eigenvalue weighted by Gasteiger charge is -2.22. The van der Waals surface area contributed by atoms with Gasteiger partial charge in [0.2, 0.25) is 0 Å². The number of nitrogens with one attached hydrogen (secondary N) is 2. The molecule has 25 heavy (non-hydrogen) atoms. The number of halogens is 2. The first-order chi connectivity index (χ1) is 11.6. The molecule has 1 aliphatic heterocycles. The van der Waals surface area contributed by atoms with E-state index in [2.05, 4.69) is 15.6 Å². The maximum absolute atomic E-state index is 12.3. The Morgan fingerprint density at radius 1 is 1.20 bits per heavy atom. The molecule has 6 heteroatoms. The van der Waals surface area contributed by atoms with Crippen molar-refractivity contribution in [2.75, 3.05) is 19.6 Å². The number of benzene rings is 1. The highest BCUT2D eigenvalue weighted by molar-refractivity contribution is 6.31. The molecule has 2 aromatic rings. The van der Waals surface area contributed by atoms with Crippen LogP contribution in [0.4, 0.5) is 0 Å². The fourth-order valence-corrected chi connectivity index (χ4v) is 3.03. The van der Waals surface area contributed by atoms with E-state index in [-0.39, 0.29) is 18.3 Å². The predicted molar refractivity (Wildman–Crippen MR) is 105 cm³/mol. The van der Waals surface area contributed by atoms with Gasteiger partial charge in [-0.15, -0.1) is 12.4 Å². The van der Waals surface area contributed by atoms with Crippen molar-refractivity contribution >= 4 is 29.9 Å². The van der Waals surface area contributed by atoms with E-state index in [0.717, 1.165) is 49.4 Å². The topological polar surface area (TPSA) is 54.0 Å². The third kappa shape index (κ3) is 5.18. The number of hydrogen-bond acceptors (Lipinski definition) is 3. The SMILES string of the molecule is Cc1nc(-c2ccc(C(=O)NCC3CCNCC3)cc2)ccc1Cl.Cl. The van der Waals surface area contributed by atoms with Crippen LogP contribution in [-0.4, -0.2) is 30.5 Å². The van der Waals surface area contributed by atoms with Gasteiger partial charge in [0.05, 0.1) is 16.4 Å². The first-order valence-corrected chi connectivity index (χ1v) is 8.74. The Morgan fingerprint density at radius 3 is 2.52 bits per heavy atom. The van der Waals surface area contributed by atoms with Crippen molar-refractivity contribution in [3.63, 3.8) is 0 Å². The molecular weight excluding hydrogens is 357 g/mol. The molecule has 0 bridgehead atoms. The van der Waals surface area contributed by atoms with Gasteiger partial charge in [-0.3, -0.25) is 9.78 Å². The summed E-state index contributed by atoms with van der Waals surface area (Å²) in [6.45, 7) is 4.72. The largest absolute Gasteiger partial charge is 0.352 e. The summed E-state index contributed by atoms with van der Waals surface area (Å²) in [5.41, 5.74) is 3.32. The molecule has 3 rings (SSSR count). The first kappa shape index (κ1) is 19.7. The smallest absolute Gasteiger partial charge is 0.251 e. The molecule has 1 amide bonds. The van der Waals surface area contributed by atoms with Gasteiger partial charge in [-0.1, -0.05) is 23.7 Å².